The standard InChI is InChI=1S/C12H22N2OS/c1-6-13-11(9(3)15-5)7-12-14-8(2)10(4)16-12/h9,11,13H,6-7H2,1-5H3. The van der Waals surface area contributed by atoms with E-state index in [4.69, 9.17) is 4.74 Å². The number of rotatable bonds is 6. The molecule has 0 radical (unpaired) electrons. The molecule has 0 aliphatic rings. The number of nitrogens with zero attached hydrogens (tertiary/aromatic N) is 1. The van der Waals surface area contributed by atoms with E-state index in [1.807, 2.05) is 0 Å². The minimum absolute atomic E-state index is 0.212. The van der Waals surface area contributed by atoms with Crippen LogP contribution in [0.25, 0.3) is 0 Å². The van der Waals surface area contributed by atoms with Gasteiger partial charge in [-0.15, -0.1) is 11.3 Å². The first-order valence-electron chi connectivity index (χ1n) is 5.77. The normalized spacial score (nSPS) is 15.1. The Bertz CT molecular complexity index is 305. The van der Waals surface area contributed by atoms with E-state index < -0.39 is 0 Å². The summed E-state index contributed by atoms with van der Waals surface area (Å²) in [5.41, 5.74) is 1.15. The zero-order valence-electron chi connectivity index (χ0n) is 10.8. The average molecular weight is 242 g/mol. The molecule has 0 aliphatic carbocycles. The van der Waals surface area contributed by atoms with Gasteiger partial charge in [0.1, 0.15) is 0 Å². The zero-order chi connectivity index (χ0) is 12.1. The molecule has 0 fully saturated rings. The van der Waals surface area contributed by atoms with Crippen LogP contribution in [0.2, 0.25) is 0 Å². The molecule has 0 amide bonds. The van der Waals surface area contributed by atoms with E-state index in [0.29, 0.717) is 6.04 Å². The second-order valence-corrected chi connectivity index (χ2v) is 5.35. The number of methoxy groups -OCH3 is 1. The Morgan fingerprint density at radius 1 is 1.44 bits per heavy atom. The molecule has 4 heteroatoms. The lowest BCUT2D eigenvalue weighted by Gasteiger charge is -2.22. The maximum atomic E-state index is 5.39. The largest absolute Gasteiger partial charge is 0.380 e. The molecule has 3 nitrogen and oxygen atoms in total. The molecule has 92 valence electrons. The van der Waals surface area contributed by atoms with Crippen LogP contribution in [0.1, 0.15) is 29.4 Å². The molecule has 16 heavy (non-hydrogen) atoms. The van der Waals surface area contributed by atoms with Gasteiger partial charge in [-0.05, 0) is 27.3 Å². The van der Waals surface area contributed by atoms with Crippen molar-refractivity contribution in [3.63, 3.8) is 0 Å². The van der Waals surface area contributed by atoms with Gasteiger partial charge in [0.05, 0.1) is 16.8 Å². The fourth-order valence-electron chi connectivity index (χ4n) is 1.65. The highest BCUT2D eigenvalue weighted by molar-refractivity contribution is 7.11. The molecule has 0 saturated carbocycles. The first-order valence-corrected chi connectivity index (χ1v) is 6.59. The molecule has 1 heterocycles. The predicted molar refractivity (Wildman–Crippen MR) is 69.2 cm³/mol. The van der Waals surface area contributed by atoms with E-state index in [0.717, 1.165) is 18.7 Å². The third-order valence-electron chi connectivity index (χ3n) is 2.87. The number of aromatic nitrogens is 1. The second-order valence-electron chi connectivity index (χ2n) is 4.06. The Hall–Kier alpha value is -0.450. The van der Waals surface area contributed by atoms with Crippen LogP contribution in [-0.4, -0.2) is 30.8 Å². The van der Waals surface area contributed by atoms with Crippen molar-refractivity contribution < 1.29 is 4.74 Å². The lowest BCUT2D eigenvalue weighted by Crippen LogP contribution is -2.40. The van der Waals surface area contributed by atoms with Gasteiger partial charge in [0.2, 0.25) is 0 Å². The van der Waals surface area contributed by atoms with Crippen molar-refractivity contribution in [3.05, 3.63) is 15.6 Å². The molecule has 1 aromatic rings. The molecule has 0 saturated heterocycles. The van der Waals surface area contributed by atoms with Gasteiger partial charge < -0.3 is 10.1 Å². The average Bonchev–Trinajstić information content (AvgIpc) is 2.56. The van der Waals surface area contributed by atoms with Crippen LogP contribution in [-0.2, 0) is 11.2 Å². The Morgan fingerprint density at radius 3 is 2.56 bits per heavy atom. The van der Waals surface area contributed by atoms with Crippen molar-refractivity contribution in [1.82, 2.24) is 10.3 Å². The fourth-order valence-corrected chi connectivity index (χ4v) is 2.64. The summed E-state index contributed by atoms with van der Waals surface area (Å²) in [5.74, 6) is 0. The van der Waals surface area contributed by atoms with E-state index in [-0.39, 0.29) is 6.10 Å². The first kappa shape index (κ1) is 13.6. The van der Waals surface area contributed by atoms with Gasteiger partial charge in [0.15, 0.2) is 0 Å². The summed E-state index contributed by atoms with van der Waals surface area (Å²) in [7, 11) is 1.76. The zero-order valence-corrected chi connectivity index (χ0v) is 11.6. The predicted octanol–water partition coefficient (Wildman–Crippen LogP) is 2.32. The van der Waals surface area contributed by atoms with Crippen LogP contribution in [0.5, 0.6) is 0 Å². The van der Waals surface area contributed by atoms with Crippen LogP contribution in [0.15, 0.2) is 0 Å². The van der Waals surface area contributed by atoms with Crippen molar-refractivity contribution in [2.24, 2.45) is 0 Å². The van der Waals surface area contributed by atoms with Crippen molar-refractivity contribution in [2.75, 3.05) is 13.7 Å². The van der Waals surface area contributed by atoms with Gasteiger partial charge in [0.25, 0.3) is 0 Å². The Morgan fingerprint density at radius 2 is 2.12 bits per heavy atom. The molecular formula is C12H22N2OS. The molecule has 2 atom stereocenters. The molecular weight excluding hydrogens is 220 g/mol. The van der Waals surface area contributed by atoms with Crippen LogP contribution >= 0.6 is 11.3 Å². The molecule has 2 unspecified atom stereocenters. The number of aryl methyl sites for hydroxylation is 2. The van der Waals surface area contributed by atoms with Gasteiger partial charge in [-0.2, -0.15) is 0 Å². The van der Waals surface area contributed by atoms with Crippen molar-refractivity contribution in [2.45, 2.75) is 46.3 Å². The lowest BCUT2D eigenvalue weighted by molar-refractivity contribution is 0.0836. The topological polar surface area (TPSA) is 34.2 Å². The molecule has 0 bridgehead atoms. The molecule has 1 N–H and O–H groups in total. The SMILES string of the molecule is CCNC(Cc1nc(C)c(C)s1)C(C)OC. The minimum Gasteiger partial charge on any atom is -0.380 e. The van der Waals surface area contributed by atoms with Crippen LogP contribution in [0, 0.1) is 13.8 Å². The summed E-state index contributed by atoms with van der Waals surface area (Å²) in [4.78, 5) is 5.89. The summed E-state index contributed by atoms with van der Waals surface area (Å²) >= 11 is 1.79. The van der Waals surface area contributed by atoms with Crippen molar-refractivity contribution in [1.29, 1.82) is 0 Å². The molecule has 0 aromatic carbocycles. The smallest absolute Gasteiger partial charge is 0.0947 e. The fraction of sp³-hybridized carbons (Fsp3) is 0.750. The molecule has 0 spiro atoms. The molecule has 1 aromatic heterocycles. The van der Waals surface area contributed by atoms with Gasteiger partial charge >= 0.3 is 0 Å². The summed E-state index contributed by atoms with van der Waals surface area (Å²) in [6.07, 6.45) is 1.16. The maximum absolute atomic E-state index is 5.39. The highest BCUT2D eigenvalue weighted by Gasteiger charge is 2.18. The third-order valence-corrected chi connectivity index (χ3v) is 3.97. The van der Waals surface area contributed by atoms with Crippen LogP contribution in [0.4, 0.5) is 0 Å². The van der Waals surface area contributed by atoms with Crippen LogP contribution < -0.4 is 5.32 Å². The molecule has 0 aliphatic heterocycles. The van der Waals surface area contributed by atoms with Crippen LogP contribution in [0.3, 0.4) is 0 Å². The van der Waals surface area contributed by atoms with E-state index in [9.17, 15) is 0 Å². The third kappa shape index (κ3) is 3.54. The monoisotopic (exact) mass is 242 g/mol. The van der Waals surface area contributed by atoms with Gasteiger partial charge in [-0.3, -0.25) is 0 Å². The summed E-state index contributed by atoms with van der Waals surface area (Å²) in [6.45, 7) is 9.37. The van der Waals surface area contributed by atoms with Gasteiger partial charge in [-0.25, -0.2) is 4.98 Å². The Balaban J connectivity index is 2.67. The van der Waals surface area contributed by atoms with E-state index in [1.165, 1.54) is 9.88 Å². The highest BCUT2D eigenvalue weighted by atomic mass is 32.1. The van der Waals surface area contributed by atoms with Gasteiger partial charge in [0, 0.05) is 24.4 Å². The van der Waals surface area contributed by atoms with Crippen molar-refractivity contribution in [3.8, 4) is 0 Å². The molecule has 1 rings (SSSR count). The number of hydrogen-bond donors (Lipinski definition) is 1. The number of nitrogens with one attached hydrogen (secondary N) is 1. The number of ether oxygens (including phenoxy) is 1. The van der Waals surface area contributed by atoms with E-state index in [2.05, 4.69) is 38.0 Å². The number of hydrogen-bond acceptors (Lipinski definition) is 4. The van der Waals surface area contributed by atoms with E-state index >= 15 is 0 Å². The highest BCUT2D eigenvalue weighted by Crippen LogP contribution is 2.18. The summed E-state index contributed by atoms with van der Waals surface area (Å²) < 4.78 is 5.39. The van der Waals surface area contributed by atoms with Crippen molar-refractivity contribution >= 4 is 11.3 Å². The second kappa shape index (κ2) is 6.33. The lowest BCUT2D eigenvalue weighted by atomic mass is 10.1. The summed E-state index contributed by atoms with van der Waals surface area (Å²) in [5, 5.41) is 4.65. The van der Waals surface area contributed by atoms with Gasteiger partial charge in [-0.1, -0.05) is 6.92 Å². The first-order chi connectivity index (χ1) is 7.58. The Kier molecular flexibility index (Phi) is 5.38. The number of likely N-dealkylation sites (N-methyl/N-ethyl adjacent to an activating group) is 1. The Labute approximate surface area is 102 Å². The quantitative estimate of drug-likeness (QED) is 0.831. The van der Waals surface area contributed by atoms with E-state index in [1.54, 1.807) is 18.4 Å². The maximum Gasteiger partial charge on any atom is 0.0947 e. The summed E-state index contributed by atoms with van der Waals surface area (Å²) in [6, 6.07) is 0.347. The number of thiazole rings is 1. The minimum atomic E-state index is 0.212.